The maximum absolute atomic E-state index is 14.9. The highest BCUT2D eigenvalue weighted by atomic mass is 32.2. The van der Waals surface area contributed by atoms with Crippen LogP contribution in [0.4, 0.5) is 20.2 Å². The number of anilines is 2. The van der Waals surface area contributed by atoms with Gasteiger partial charge in [-0.25, -0.2) is 18.1 Å². The minimum Gasteiger partial charge on any atom is -0.453 e. The van der Waals surface area contributed by atoms with E-state index in [2.05, 4.69) is 14.6 Å². The zero-order valence-corrected chi connectivity index (χ0v) is 24.6. The number of alkyl halides is 1. The normalized spacial score (nSPS) is 17.5. The summed E-state index contributed by atoms with van der Waals surface area (Å²) in [5.41, 5.74) is 2.08. The largest absolute Gasteiger partial charge is 0.453 e. The van der Waals surface area contributed by atoms with Crippen LogP contribution in [-0.4, -0.2) is 52.5 Å². The summed E-state index contributed by atoms with van der Waals surface area (Å²) >= 11 is 1.15. The molecule has 1 aromatic heterocycles. The number of carbonyl (C=O) groups is 1. The van der Waals surface area contributed by atoms with Gasteiger partial charge in [0.05, 0.1) is 22.3 Å². The molecule has 6 rings (SSSR count). The molecule has 226 valence electrons. The Balaban J connectivity index is 1.22. The molecule has 1 N–H and O–H groups in total. The van der Waals surface area contributed by atoms with Gasteiger partial charge in [-0.15, -0.1) is 0 Å². The number of nitriles is 1. The molecule has 4 aromatic rings. The number of aromatic nitrogens is 2. The lowest BCUT2D eigenvalue weighted by Gasteiger charge is -2.33. The molecule has 1 atom stereocenters. The number of ether oxygens (including phenoxy) is 1. The standard InChI is InChI=1S/C32H30F2N6O3S/c33-22-11-15-39(19-22)44-37-30-8-6-28(34)31(27(30)18-35)43-25-5-7-29-26(17-25)32(42)40(20-36-29)24-3-1-23(2-4-24)38-13-9-21(10-14-38)12-16-41/h1-8,16-17,20-22,37H,9-15,19H2. The SMILES string of the molecule is N#Cc1c(NSN2CCC(F)C2)ccc(F)c1Oc1ccc2ncn(-c3ccc(N4CCC(CC=O)CC4)cc3)c(=O)c2c1. The number of carbonyl (C=O) groups excluding carboxylic acids is 1. The number of benzene rings is 3. The molecule has 3 aromatic carbocycles. The summed E-state index contributed by atoms with van der Waals surface area (Å²) in [6, 6.07) is 16.9. The van der Waals surface area contributed by atoms with Crippen LogP contribution in [-0.2, 0) is 4.79 Å². The van der Waals surface area contributed by atoms with Crippen molar-refractivity contribution in [1.29, 1.82) is 5.26 Å². The lowest BCUT2D eigenvalue weighted by molar-refractivity contribution is -0.108. The molecule has 1 unspecified atom stereocenters. The Morgan fingerprint density at radius 1 is 1.07 bits per heavy atom. The number of fused-ring (bicyclic) bond motifs is 1. The molecule has 2 fully saturated rings. The van der Waals surface area contributed by atoms with E-state index in [0.29, 0.717) is 42.2 Å². The molecule has 2 aliphatic heterocycles. The molecule has 0 saturated carbocycles. The minimum atomic E-state index is -0.901. The lowest BCUT2D eigenvalue weighted by Crippen LogP contribution is -2.33. The van der Waals surface area contributed by atoms with E-state index in [4.69, 9.17) is 4.74 Å². The number of rotatable bonds is 9. The van der Waals surface area contributed by atoms with Gasteiger partial charge in [-0.1, -0.05) is 0 Å². The number of halogens is 2. The first-order valence-electron chi connectivity index (χ1n) is 14.5. The summed E-state index contributed by atoms with van der Waals surface area (Å²) in [5.74, 6) is -0.410. The Labute approximate surface area is 257 Å². The second kappa shape index (κ2) is 13.0. The number of hydrogen-bond donors (Lipinski definition) is 1. The monoisotopic (exact) mass is 616 g/mol. The minimum absolute atomic E-state index is 0.0507. The Morgan fingerprint density at radius 3 is 2.55 bits per heavy atom. The quantitative estimate of drug-likeness (QED) is 0.179. The van der Waals surface area contributed by atoms with Crippen molar-refractivity contribution < 1.29 is 18.3 Å². The number of piperidine rings is 1. The number of aldehydes is 1. The van der Waals surface area contributed by atoms with Crippen molar-refractivity contribution in [3.05, 3.63) is 82.7 Å². The summed E-state index contributed by atoms with van der Waals surface area (Å²) in [4.78, 5) is 31.1. The van der Waals surface area contributed by atoms with Gasteiger partial charge in [0, 0.05) is 50.4 Å². The Morgan fingerprint density at radius 2 is 1.84 bits per heavy atom. The van der Waals surface area contributed by atoms with E-state index in [0.717, 1.165) is 50.0 Å². The van der Waals surface area contributed by atoms with E-state index >= 15 is 0 Å². The van der Waals surface area contributed by atoms with Crippen molar-refractivity contribution in [2.45, 2.75) is 31.9 Å². The first kappa shape index (κ1) is 29.6. The summed E-state index contributed by atoms with van der Waals surface area (Å²) in [5, 5.41) is 10.1. The lowest BCUT2D eigenvalue weighted by atomic mass is 9.94. The molecule has 0 aliphatic carbocycles. The maximum Gasteiger partial charge on any atom is 0.265 e. The third-order valence-electron chi connectivity index (χ3n) is 8.09. The molecule has 0 amide bonds. The van der Waals surface area contributed by atoms with E-state index in [9.17, 15) is 23.6 Å². The molecule has 2 aliphatic rings. The van der Waals surface area contributed by atoms with Gasteiger partial charge in [0.15, 0.2) is 11.6 Å². The number of nitrogens with zero attached hydrogens (tertiary/aromatic N) is 5. The van der Waals surface area contributed by atoms with Crippen LogP contribution in [0.1, 0.15) is 31.2 Å². The van der Waals surface area contributed by atoms with E-state index in [1.807, 2.05) is 30.3 Å². The predicted octanol–water partition coefficient (Wildman–Crippen LogP) is 6.01. The van der Waals surface area contributed by atoms with Gasteiger partial charge in [0.2, 0.25) is 0 Å². The molecule has 0 spiro atoms. The Bertz CT molecular complexity index is 1770. The van der Waals surface area contributed by atoms with Crippen LogP contribution >= 0.6 is 12.1 Å². The molecular formula is C32H30F2N6O3S. The van der Waals surface area contributed by atoms with Gasteiger partial charge in [-0.05, 0) is 79.8 Å². The second-order valence-electron chi connectivity index (χ2n) is 10.9. The Hall–Kier alpha value is -4.47. The highest BCUT2D eigenvalue weighted by Gasteiger charge is 2.24. The molecule has 12 heteroatoms. The predicted molar refractivity (Wildman–Crippen MR) is 166 cm³/mol. The van der Waals surface area contributed by atoms with Crippen molar-refractivity contribution in [2.75, 3.05) is 35.8 Å². The van der Waals surface area contributed by atoms with E-state index in [-0.39, 0.29) is 34.6 Å². The van der Waals surface area contributed by atoms with Crippen molar-refractivity contribution in [1.82, 2.24) is 13.9 Å². The Kier molecular flexibility index (Phi) is 8.77. The third kappa shape index (κ3) is 6.25. The van der Waals surface area contributed by atoms with Gasteiger partial charge in [-0.2, -0.15) is 5.26 Å². The van der Waals surface area contributed by atoms with Crippen LogP contribution in [0.5, 0.6) is 11.5 Å². The van der Waals surface area contributed by atoms with Crippen molar-refractivity contribution in [2.24, 2.45) is 5.92 Å². The van der Waals surface area contributed by atoms with Crippen LogP contribution in [0.15, 0.2) is 65.7 Å². The zero-order chi connectivity index (χ0) is 30.6. The average molecular weight is 617 g/mol. The highest BCUT2D eigenvalue weighted by molar-refractivity contribution is 7.98. The molecule has 2 saturated heterocycles. The molecule has 3 heterocycles. The summed E-state index contributed by atoms with van der Waals surface area (Å²) in [7, 11) is 0. The summed E-state index contributed by atoms with van der Waals surface area (Å²) < 4.78 is 40.6. The molecular weight excluding hydrogens is 586 g/mol. The maximum atomic E-state index is 14.9. The topological polar surface area (TPSA) is 103 Å². The van der Waals surface area contributed by atoms with Crippen molar-refractivity contribution in [3.8, 4) is 23.3 Å². The van der Waals surface area contributed by atoms with Gasteiger partial charge in [0.25, 0.3) is 5.56 Å². The fraction of sp³-hybridized carbons (Fsp3) is 0.312. The van der Waals surface area contributed by atoms with Gasteiger partial charge >= 0.3 is 0 Å². The van der Waals surface area contributed by atoms with Crippen LogP contribution in [0, 0.1) is 23.1 Å². The van der Waals surface area contributed by atoms with E-state index in [1.54, 1.807) is 16.4 Å². The van der Waals surface area contributed by atoms with E-state index in [1.165, 1.54) is 29.1 Å². The first-order chi connectivity index (χ1) is 21.4. The van der Waals surface area contributed by atoms with Gasteiger partial charge in [0.1, 0.15) is 36.2 Å². The zero-order valence-electron chi connectivity index (χ0n) is 23.8. The van der Waals surface area contributed by atoms with Crippen molar-refractivity contribution in [3.63, 3.8) is 0 Å². The molecule has 0 bridgehead atoms. The smallest absolute Gasteiger partial charge is 0.265 e. The number of hydrogen-bond acceptors (Lipinski definition) is 9. The highest BCUT2D eigenvalue weighted by Crippen LogP contribution is 2.35. The van der Waals surface area contributed by atoms with Gasteiger partial charge < -0.3 is 19.2 Å². The molecule has 9 nitrogen and oxygen atoms in total. The third-order valence-corrected chi connectivity index (χ3v) is 8.99. The molecule has 44 heavy (non-hydrogen) atoms. The van der Waals surface area contributed by atoms with Crippen molar-refractivity contribution >= 4 is 40.7 Å². The van der Waals surface area contributed by atoms with Crippen LogP contribution in [0.25, 0.3) is 16.6 Å². The number of nitrogens with one attached hydrogen (secondary N) is 1. The van der Waals surface area contributed by atoms with Crippen LogP contribution < -0.4 is 19.9 Å². The van der Waals surface area contributed by atoms with Crippen LogP contribution in [0.3, 0.4) is 0 Å². The second-order valence-corrected chi connectivity index (χ2v) is 11.8. The van der Waals surface area contributed by atoms with Gasteiger partial charge in [-0.3, -0.25) is 9.36 Å². The molecule has 0 radical (unpaired) electrons. The first-order valence-corrected chi connectivity index (χ1v) is 15.2. The van der Waals surface area contributed by atoms with E-state index < -0.39 is 12.0 Å². The van der Waals surface area contributed by atoms with Crippen LogP contribution in [0.2, 0.25) is 0 Å². The summed E-state index contributed by atoms with van der Waals surface area (Å²) in [6.07, 6.45) is 4.55. The average Bonchev–Trinajstić information content (AvgIpc) is 3.47. The fourth-order valence-electron chi connectivity index (χ4n) is 5.59. The fourth-order valence-corrected chi connectivity index (χ4v) is 6.42. The summed E-state index contributed by atoms with van der Waals surface area (Å²) in [6.45, 7) is 2.57.